The molecule has 2 rings (SSSR count). The Bertz CT molecular complexity index is 691. The molecule has 0 heterocycles. The van der Waals surface area contributed by atoms with Crippen molar-refractivity contribution in [2.75, 3.05) is 13.7 Å². The summed E-state index contributed by atoms with van der Waals surface area (Å²) in [4.78, 5) is 12.1. The van der Waals surface area contributed by atoms with Gasteiger partial charge in [0.25, 0.3) is 5.91 Å². The van der Waals surface area contributed by atoms with Gasteiger partial charge in [-0.25, -0.2) is 4.39 Å². The van der Waals surface area contributed by atoms with Crippen molar-refractivity contribution in [3.63, 3.8) is 0 Å². The van der Waals surface area contributed by atoms with Crippen LogP contribution in [0.2, 0.25) is 0 Å². The minimum Gasteiger partial charge on any atom is -0.497 e. The Balaban J connectivity index is 1.79. The van der Waals surface area contributed by atoms with Crippen LogP contribution in [0.15, 0.2) is 46.9 Å². The fourth-order valence-electron chi connectivity index (χ4n) is 2.08. The number of ether oxygens (including phenoxy) is 2. The maximum absolute atomic E-state index is 13.2. The molecule has 4 nitrogen and oxygen atoms in total. The predicted octanol–water partition coefficient (Wildman–Crippen LogP) is 3.72. The second-order valence-electron chi connectivity index (χ2n) is 5.23. The number of halogens is 2. The highest BCUT2D eigenvalue weighted by molar-refractivity contribution is 9.10. The first kappa shape index (κ1) is 18.3. The van der Waals surface area contributed by atoms with E-state index in [1.165, 1.54) is 6.07 Å². The average Bonchev–Trinajstić information content (AvgIpc) is 2.58. The van der Waals surface area contributed by atoms with E-state index in [0.29, 0.717) is 23.2 Å². The fraction of sp³-hybridized carbons (Fsp3) is 0.278. The summed E-state index contributed by atoms with van der Waals surface area (Å²) >= 11 is 3.15. The largest absolute Gasteiger partial charge is 0.497 e. The second-order valence-corrected chi connectivity index (χ2v) is 6.08. The van der Waals surface area contributed by atoms with Crippen LogP contribution in [0.4, 0.5) is 4.39 Å². The molecule has 0 aliphatic carbocycles. The molecule has 1 atom stereocenters. The van der Waals surface area contributed by atoms with Gasteiger partial charge in [0.05, 0.1) is 11.6 Å². The Morgan fingerprint density at radius 2 is 1.88 bits per heavy atom. The first-order valence-electron chi connectivity index (χ1n) is 7.52. The van der Waals surface area contributed by atoms with Crippen LogP contribution in [0, 0.1) is 5.82 Å². The summed E-state index contributed by atoms with van der Waals surface area (Å²) in [5.74, 6) is 0.821. The Labute approximate surface area is 149 Å². The zero-order valence-electron chi connectivity index (χ0n) is 13.5. The highest BCUT2D eigenvalue weighted by Gasteiger charge is 2.14. The van der Waals surface area contributed by atoms with Gasteiger partial charge in [-0.15, -0.1) is 0 Å². The molecule has 0 saturated carbocycles. The van der Waals surface area contributed by atoms with Crippen LogP contribution in [0.3, 0.4) is 0 Å². The van der Waals surface area contributed by atoms with Crippen molar-refractivity contribution < 1.29 is 18.7 Å². The Kier molecular flexibility index (Phi) is 6.61. The predicted molar refractivity (Wildman–Crippen MR) is 93.9 cm³/mol. The lowest BCUT2D eigenvalue weighted by molar-refractivity contribution is -0.127. The molecule has 0 aliphatic heterocycles. The van der Waals surface area contributed by atoms with Crippen LogP contribution in [-0.4, -0.2) is 25.7 Å². The van der Waals surface area contributed by atoms with Crippen LogP contribution in [0.5, 0.6) is 11.5 Å². The van der Waals surface area contributed by atoms with Gasteiger partial charge in [0.15, 0.2) is 6.10 Å². The molecule has 0 bridgehead atoms. The number of rotatable bonds is 7. The maximum atomic E-state index is 13.2. The van der Waals surface area contributed by atoms with Crippen molar-refractivity contribution in [1.29, 1.82) is 0 Å². The van der Waals surface area contributed by atoms with Gasteiger partial charge in [-0.1, -0.05) is 6.07 Å². The van der Waals surface area contributed by atoms with Gasteiger partial charge in [-0.2, -0.15) is 0 Å². The molecule has 1 amide bonds. The number of amides is 1. The Hall–Kier alpha value is -2.08. The van der Waals surface area contributed by atoms with Gasteiger partial charge in [0.2, 0.25) is 0 Å². The van der Waals surface area contributed by atoms with Crippen molar-refractivity contribution in [3.8, 4) is 11.5 Å². The first-order chi connectivity index (χ1) is 11.5. The smallest absolute Gasteiger partial charge is 0.260 e. The number of carbonyl (C=O) groups excluding carboxylic acids is 1. The highest BCUT2D eigenvalue weighted by Crippen LogP contribution is 2.18. The lowest BCUT2D eigenvalue weighted by Gasteiger charge is -2.15. The molecule has 0 fully saturated rings. The second kappa shape index (κ2) is 8.68. The highest BCUT2D eigenvalue weighted by atomic mass is 79.9. The molecule has 1 unspecified atom stereocenters. The van der Waals surface area contributed by atoms with Crippen LogP contribution in [-0.2, 0) is 11.2 Å². The van der Waals surface area contributed by atoms with Crippen LogP contribution >= 0.6 is 15.9 Å². The van der Waals surface area contributed by atoms with E-state index in [2.05, 4.69) is 21.2 Å². The van der Waals surface area contributed by atoms with Gasteiger partial charge in [-0.3, -0.25) is 4.79 Å². The van der Waals surface area contributed by atoms with Gasteiger partial charge in [0, 0.05) is 6.54 Å². The summed E-state index contributed by atoms with van der Waals surface area (Å²) < 4.78 is 24.2. The maximum Gasteiger partial charge on any atom is 0.260 e. The Morgan fingerprint density at radius 1 is 1.21 bits per heavy atom. The molecule has 0 saturated heterocycles. The number of carbonyl (C=O) groups is 1. The molecular formula is C18H19BrFNO3. The quantitative estimate of drug-likeness (QED) is 0.776. The minimum atomic E-state index is -0.613. The third-order valence-corrected chi connectivity index (χ3v) is 4.05. The number of hydrogen-bond donors (Lipinski definition) is 1. The lowest BCUT2D eigenvalue weighted by atomic mass is 10.1. The molecule has 0 radical (unpaired) electrons. The molecule has 24 heavy (non-hydrogen) atoms. The van der Waals surface area contributed by atoms with E-state index in [0.717, 1.165) is 11.3 Å². The molecule has 6 heteroatoms. The summed E-state index contributed by atoms with van der Waals surface area (Å²) in [7, 11) is 1.59. The zero-order valence-corrected chi connectivity index (χ0v) is 15.1. The summed E-state index contributed by atoms with van der Waals surface area (Å²) in [6.45, 7) is 2.14. The standard InChI is InChI=1S/C18H19BrFNO3/c1-12(24-15-6-4-14(23-2)5-7-15)18(22)21-10-9-13-3-8-17(20)16(19)11-13/h3-8,11-12H,9-10H2,1-2H3,(H,21,22). The number of hydrogen-bond acceptors (Lipinski definition) is 3. The van der Waals surface area contributed by atoms with Crippen LogP contribution in [0.1, 0.15) is 12.5 Å². The van der Waals surface area contributed by atoms with Crippen molar-refractivity contribution in [2.24, 2.45) is 0 Å². The number of methoxy groups -OCH3 is 1. The monoisotopic (exact) mass is 395 g/mol. The number of benzene rings is 2. The average molecular weight is 396 g/mol. The van der Waals surface area contributed by atoms with E-state index in [1.807, 2.05) is 0 Å². The normalized spacial score (nSPS) is 11.7. The summed E-state index contributed by atoms with van der Waals surface area (Å²) in [5, 5.41) is 2.81. The van der Waals surface area contributed by atoms with E-state index in [9.17, 15) is 9.18 Å². The molecule has 1 N–H and O–H groups in total. The first-order valence-corrected chi connectivity index (χ1v) is 8.31. The van der Waals surface area contributed by atoms with Gasteiger partial charge in [-0.05, 0) is 71.2 Å². The van der Waals surface area contributed by atoms with Crippen LogP contribution < -0.4 is 14.8 Å². The minimum absolute atomic E-state index is 0.202. The molecular weight excluding hydrogens is 377 g/mol. The van der Waals surface area contributed by atoms with Crippen molar-refractivity contribution in [1.82, 2.24) is 5.32 Å². The molecule has 0 aromatic heterocycles. The number of nitrogens with one attached hydrogen (secondary N) is 1. The topological polar surface area (TPSA) is 47.6 Å². The van der Waals surface area contributed by atoms with Crippen molar-refractivity contribution in [2.45, 2.75) is 19.4 Å². The molecule has 2 aromatic carbocycles. The zero-order chi connectivity index (χ0) is 17.5. The summed E-state index contributed by atoms with van der Waals surface area (Å²) in [5.41, 5.74) is 0.937. The lowest BCUT2D eigenvalue weighted by Crippen LogP contribution is -2.37. The van der Waals surface area contributed by atoms with Crippen molar-refractivity contribution in [3.05, 3.63) is 58.3 Å². The van der Waals surface area contributed by atoms with E-state index in [-0.39, 0.29) is 11.7 Å². The van der Waals surface area contributed by atoms with E-state index >= 15 is 0 Å². The van der Waals surface area contributed by atoms with Gasteiger partial charge >= 0.3 is 0 Å². The summed E-state index contributed by atoms with van der Waals surface area (Å²) in [6, 6.07) is 11.8. The molecule has 2 aromatic rings. The third-order valence-electron chi connectivity index (χ3n) is 3.44. The molecule has 128 valence electrons. The third kappa shape index (κ3) is 5.23. The van der Waals surface area contributed by atoms with Crippen molar-refractivity contribution >= 4 is 21.8 Å². The van der Waals surface area contributed by atoms with Gasteiger partial charge in [0.1, 0.15) is 17.3 Å². The fourth-order valence-corrected chi connectivity index (χ4v) is 2.51. The van der Waals surface area contributed by atoms with E-state index in [1.54, 1.807) is 50.4 Å². The SMILES string of the molecule is COc1ccc(OC(C)C(=O)NCCc2ccc(F)c(Br)c2)cc1. The molecule has 0 spiro atoms. The Morgan fingerprint density at radius 3 is 2.50 bits per heavy atom. The van der Waals surface area contributed by atoms with E-state index in [4.69, 9.17) is 9.47 Å². The molecule has 0 aliphatic rings. The summed E-state index contributed by atoms with van der Waals surface area (Å²) in [6.07, 6.45) is -0.00165. The van der Waals surface area contributed by atoms with E-state index < -0.39 is 6.10 Å². The van der Waals surface area contributed by atoms with Gasteiger partial charge < -0.3 is 14.8 Å². The van der Waals surface area contributed by atoms with Crippen LogP contribution in [0.25, 0.3) is 0 Å².